The lowest BCUT2D eigenvalue weighted by Crippen LogP contribution is -2.13. The molecule has 0 aliphatic carbocycles. The van der Waals surface area contributed by atoms with E-state index in [1.54, 1.807) is 32.4 Å². The Morgan fingerprint density at radius 2 is 1.90 bits per heavy atom. The molecule has 0 bridgehead atoms. The second-order valence-electron chi connectivity index (χ2n) is 4.73. The molecule has 1 amide bonds. The molecule has 0 saturated heterocycles. The first-order chi connectivity index (χ1) is 10.2. The van der Waals surface area contributed by atoms with Crippen LogP contribution in [0, 0.1) is 6.92 Å². The summed E-state index contributed by atoms with van der Waals surface area (Å²) in [6.07, 6.45) is 0. The average Bonchev–Trinajstić information content (AvgIpc) is 2.50. The summed E-state index contributed by atoms with van der Waals surface area (Å²) in [5.74, 6) is 0.564. The van der Waals surface area contributed by atoms with Gasteiger partial charge in [-0.05, 0) is 36.8 Å². The van der Waals surface area contributed by atoms with Gasteiger partial charge in [-0.1, -0.05) is 18.2 Å². The summed E-state index contributed by atoms with van der Waals surface area (Å²) in [5.41, 5.74) is 3.26. The third-order valence-corrected chi connectivity index (χ3v) is 3.24. The van der Waals surface area contributed by atoms with Crippen LogP contribution >= 0.6 is 0 Å². The first-order valence-electron chi connectivity index (χ1n) is 6.68. The Bertz CT molecular complexity index is 638. The van der Waals surface area contributed by atoms with Gasteiger partial charge < -0.3 is 14.8 Å². The van der Waals surface area contributed by atoms with Crippen molar-refractivity contribution in [3.63, 3.8) is 0 Å². The molecule has 21 heavy (non-hydrogen) atoms. The zero-order valence-corrected chi connectivity index (χ0v) is 12.5. The maximum atomic E-state index is 12.3. The molecule has 2 aromatic rings. The smallest absolute Gasteiger partial charge is 0.255 e. The van der Waals surface area contributed by atoms with Crippen LogP contribution in [-0.2, 0) is 11.3 Å². The van der Waals surface area contributed by atoms with Gasteiger partial charge in [0.15, 0.2) is 0 Å². The highest BCUT2D eigenvalue weighted by Gasteiger charge is 2.11. The van der Waals surface area contributed by atoms with Crippen molar-refractivity contribution < 1.29 is 14.3 Å². The number of ether oxygens (including phenoxy) is 2. The molecule has 4 nitrogen and oxygen atoms in total. The van der Waals surface area contributed by atoms with E-state index in [0.29, 0.717) is 17.9 Å². The minimum absolute atomic E-state index is 0.149. The van der Waals surface area contributed by atoms with E-state index in [1.807, 2.05) is 31.2 Å². The number of nitrogens with one attached hydrogen (secondary N) is 1. The third kappa shape index (κ3) is 3.61. The van der Waals surface area contributed by atoms with Gasteiger partial charge in [0.2, 0.25) is 0 Å². The second kappa shape index (κ2) is 6.90. The number of carbonyl (C=O) groups is 1. The van der Waals surface area contributed by atoms with Crippen molar-refractivity contribution in [2.45, 2.75) is 13.5 Å². The van der Waals surface area contributed by atoms with Crippen LogP contribution in [0.2, 0.25) is 0 Å². The van der Waals surface area contributed by atoms with Crippen LogP contribution in [0.1, 0.15) is 21.5 Å². The van der Waals surface area contributed by atoms with E-state index in [-0.39, 0.29) is 5.91 Å². The maximum Gasteiger partial charge on any atom is 0.255 e. The summed E-state index contributed by atoms with van der Waals surface area (Å²) >= 11 is 0. The molecule has 0 fully saturated rings. The highest BCUT2D eigenvalue weighted by atomic mass is 16.5. The van der Waals surface area contributed by atoms with Crippen molar-refractivity contribution in [1.29, 1.82) is 0 Å². The molecule has 0 radical (unpaired) electrons. The minimum Gasteiger partial charge on any atom is -0.496 e. The molecule has 0 aliphatic heterocycles. The van der Waals surface area contributed by atoms with Crippen molar-refractivity contribution in [3.05, 3.63) is 59.2 Å². The van der Waals surface area contributed by atoms with Crippen molar-refractivity contribution in [1.82, 2.24) is 0 Å². The van der Waals surface area contributed by atoms with Gasteiger partial charge in [0.1, 0.15) is 5.75 Å². The Morgan fingerprint density at radius 1 is 1.14 bits per heavy atom. The van der Waals surface area contributed by atoms with Crippen molar-refractivity contribution in [2.75, 3.05) is 19.5 Å². The van der Waals surface area contributed by atoms with Gasteiger partial charge in [0.05, 0.1) is 13.7 Å². The molecule has 2 aromatic carbocycles. The Labute approximate surface area is 124 Å². The van der Waals surface area contributed by atoms with Gasteiger partial charge in [0, 0.05) is 23.9 Å². The normalized spacial score (nSPS) is 10.2. The molecule has 0 atom stereocenters. The Balaban J connectivity index is 2.23. The molecule has 0 heterocycles. The lowest BCUT2D eigenvalue weighted by molar-refractivity contribution is 0.102. The molecule has 4 heteroatoms. The quantitative estimate of drug-likeness (QED) is 0.916. The molecule has 0 aliphatic rings. The Kier molecular flexibility index (Phi) is 4.95. The summed E-state index contributed by atoms with van der Waals surface area (Å²) in [6, 6.07) is 13.0. The first kappa shape index (κ1) is 15.1. The van der Waals surface area contributed by atoms with Gasteiger partial charge in [0.25, 0.3) is 5.91 Å². The second-order valence-corrected chi connectivity index (χ2v) is 4.73. The lowest BCUT2D eigenvalue weighted by atomic mass is 10.1. The van der Waals surface area contributed by atoms with Gasteiger partial charge >= 0.3 is 0 Å². The molecule has 0 unspecified atom stereocenters. The number of hydrogen-bond acceptors (Lipinski definition) is 3. The van der Waals surface area contributed by atoms with Gasteiger partial charge in [-0.2, -0.15) is 0 Å². The third-order valence-electron chi connectivity index (χ3n) is 3.24. The zero-order valence-electron chi connectivity index (χ0n) is 12.5. The van der Waals surface area contributed by atoms with E-state index in [2.05, 4.69) is 5.32 Å². The van der Waals surface area contributed by atoms with Crippen molar-refractivity contribution in [3.8, 4) is 5.75 Å². The molecular weight excluding hydrogens is 266 g/mol. The predicted molar refractivity (Wildman–Crippen MR) is 82.8 cm³/mol. The molecule has 2 rings (SSSR count). The molecule has 110 valence electrons. The molecule has 0 saturated carbocycles. The average molecular weight is 285 g/mol. The van der Waals surface area contributed by atoms with Crippen LogP contribution in [-0.4, -0.2) is 20.1 Å². The van der Waals surface area contributed by atoms with E-state index >= 15 is 0 Å². The molecule has 1 N–H and O–H groups in total. The van der Waals surface area contributed by atoms with Gasteiger partial charge in [-0.15, -0.1) is 0 Å². The number of amides is 1. The summed E-state index contributed by atoms with van der Waals surface area (Å²) < 4.78 is 10.4. The largest absolute Gasteiger partial charge is 0.496 e. The number of hydrogen-bond donors (Lipinski definition) is 1. The fraction of sp³-hybridized carbons (Fsp3) is 0.235. The van der Waals surface area contributed by atoms with E-state index in [0.717, 1.165) is 16.8 Å². The number of para-hydroxylation sites is 1. The SMILES string of the molecule is COCc1cc(C(=O)Nc2ccccc2C)ccc1OC. The minimum atomic E-state index is -0.149. The molecule has 0 aromatic heterocycles. The highest BCUT2D eigenvalue weighted by molar-refractivity contribution is 6.04. The topological polar surface area (TPSA) is 47.6 Å². The van der Waals surface area contributed by atoms with Crippen LogP contribution in [0.5, 0.6) is 5.75 Å². The van der Waals surface area contributed by atoms with E-state index < -0.39 is 0 Å². The first-order valence-corrected chi connectivity index (χ1v) is 6.68. The Hall–Kier alpha value is -2.33. The standard InChI is InChI=1S/C17H19NO3/c1-12-6-4-5-7-15(12)18-17(19)13-8-9-16(21-3)14(10-13)11-20-2/h4-10H,11H2,1-3H3,(H,18,19). The van der Waals surface area contributed by atoms with Crippen LogP contribution in [0.25, 0.3) is 0 Å². The number of anilines is 1. The van der Waals surface area contributed by atoms with Gasteiger partial charge in [-0.3, -0.25) is 4.79 Å². The fourth-order valence-electron chi connectivity index (χ4n) is 2.10. The van der Waals surface area contributed by atoms with Crippen LogP contribution in [0.15, 0.2) is 42.5 Å². The lowest BCUT2D eigenvalue weighted by Gasteiger charge is -2.11. The number of methoxy groups -OCH3 is 2. The zero-order chi connectivity index (χ0) is 15.2. The summed E-state index contributed by atoms with van der Waals surface area (Å²) in [4.78, 5) is 12.3. The van der Waals surface area contributed by atoms with E-state index in [9.17, 15) is 4.79 Å². The van der Waals surface area contributed by atoms with E-state index in [1.165, 1.54) is 0 Å². The Morgan fingerprint density at radius 3 is 2.57 bits per heavy atom. The van der Waals surface area contributed by atoms with Crippen LogP contribution in [0.4, 0.5) is 5.69 Å². The number of benzene rings is 2. The summed E-state index contributed by atoms with van der Waals surface area (Å²) in [5, 5.41) is 2.91. The fourth-order valence-corrected chi connectivity index (χ4v) is 2.10. The predicted octanol–water partition coefficient (Wildman–Crippen LogP) is 3.40. The van der Waals surface area contributed by atoms with Crippen molar-refractivity contribution in [2.24, 2.45) is 0 Å². The maximum absolute atomic E-state index is 12.3. The van der Waals surface area contributed by atoms with Crippen LogP contribution < -0.4 is 10.1 Å². The monoisotopic (exact) mass is 285 g/mol. The summed E-state index contributed by atoms with van der Waals surface area (Å²) in [6.45, 7) is 2.36. The van der Waals surface area contributed by atoms with Crippen molar-refractivity contribution >= 4 is 11.6 Å². The number of carbonyl (C=O) groups excluding carboxylic acids is 1. The summed E-state index contributed by atoms with van der Waals surface area (Å²) in [7, 11) is 3.21. The number of aryl methyl sites for hydroxylation is 1. The number of rotatable bonds is 5. The highest BCUT2D eigenvalue weighted by Crippen LogP contribution is 2.22. The van der Waals surface area contributed by atoms with Gasteiger partial charge in [-0.25, -0.2) is 0 Å². The van der Waals surface area contributed by atoms with E-state index in [4.69, 9.17) is 9.47 Å². The molecular formula is C17H19NO3. The van der Waals surface area contributed by atoms with Crippen LogP contribution in [0.3, 0.4) is 0 Å². The molecule has 0 spiro atoms.